The molecular formula is C11H19NO5. The van der Waals surface area contributed by atoms with Crippen LogP contribution in [0.15, 0.2) is 0 Å². The van der Waals surface area contributed by atoms with E-state index in [1.165, 1.54) is 12.0 Å². The highest BCUT2D eigenvalue weighted by molar-refractivity contribution is 5.89. The second-order valence-corrected chi connectivity index (χ2v) is 4.49. The smallest absolute Gasteiger partial charge is 0.326 e. The van der Waals surface area contributed by atoms with Gasteiger partial charge in [-0.2, -0.15) is 0 Å². The summed E-state index contributed by atoms with van der Waals surface area (Å²) in [6, 6.07) is -0.960. The fraction of sp³-hybridized carbons (Fsp3) is 0.818. The van der Waals surface area contributed by atoms with E-state index in [4.69, 9.17) is 9.84 Å². The Hall–Kier alpha value is -1.14. The highest BCUT2D eigenvalue weighted by Crippen LogP contribution is 2.25. The summed E-state index contributed by atoms with van der Waals surface area (Å²) < 4.78 is 5.16. The van der Waals surface area contributed by atoms with Crippen molar-refractivity contribution in [2.75, 3.05) is 13.7 Å². The number of carboxylic acid groups (broad SMARTS) is 1. The van der Waals surface area contributed by atoms with Crippen LogP contribution in [-0.2, 0) is 14.3 Å². The summed E-state index contributed by atoms with van der Waals surface area (Å²) in [5.41, 5.74) is -1.03. The van der Waals surface area contributed by atoms with Crippen molar-refractivity contribution in [2.24, 2.45) is 0 Å². The maximum Gasteiger partial charge on any atom is 0.326 e. The molecule has 6 heteroatoms. The maximum atomic E-state index is 12.2. The molecule has 1 rings (SSSR count). The maximum absolute atomic E-state index is 12.2. The van der Waals surface area contributed by atoms with Crippen LogP contribution in [0.1, 0.15) is 26.7 Å². The molecule has 1 heterocycles. The van der Waals surface area contributed by atoms with Gasteiger partial charge in [0, 0.05) is 20.1 Å². The Balaban J connectivity index is 2.91. The normalized spacial score (nSPS) is 27.9. The molecular weight excluding hydrogens is 226 g/mol. The van der Waals surface area contributed by atoms with E-state index in [0.29, 0.717) is 6.42 Å². The number of ether oxygens (including phenoxy) is 1. The van der Waals surface area contributed by atoms with E-state index >= 15 is 0 Å². The number of hydrogen-bond acceptors (Lipinski definition) is 4. The quantitative estimate of drug-likeness (QED) is 0.719. The van der Waals surface area contributed by atoms with Crippen molar-refractivity contribution in [3.8, 4) is 0 Å². The van der Waals surface area contributed by atoms with Crippen molar-refractivity contribution < 1.29 is 24.5 Å². The Morgan fingerprint density at radius 1 is 1.53 bits per heavy atom. The predicted octanol–water partition coefficient (Wildman–Crippen LogP) is -0.152. The number of nitrogens with zero attached hydrogens (tertiary/aromatic N) is 1. The minimum Gasteiger partial charge on any atom is -0.480 e. The third kappa shape index (κ3) is 2.58. The number of carboxylic acids is 1. The SMILES string of the molecule is CCC(C)(OC)C(=O)N1CC(O)C[C@H]1C(=O)O. The Morgan fingerprint density at radius 2 is 2.12 bits per heavy atom. The minimum absolute atomic E-state index is 0.0503. The first-order chi connectivity index (χ1) is 7.85. The zero-order valence-corrected chi connectivity index (χ0v) is 10.3. The van der Waals surface area contributed by atoms with E-state index in [9.17, 15) is 14.7 Å². The lowest BCUT2D eigenvalue weighted by molar-refractivity contribution is -0.160. The first kappa shape index (κ1) is 13.9. The number of methoxy groups -OCH3 is 1. The third-order valence-electron chi connectivity index (χ3n) is 3.40. The Bertz CT molecular complexity index is 313. The molecule has 0 aromatic heterocycles. The van der Waals surface area contributed by atoms with Gasteiger partial charge in [-0.1, -0.05) is 6.92 Å². The molecule has 17 heavy (non-hydrogen) atoms. The highest BCUT2D eigenvalue weighted by atomic mass is 16.5. The summed E-state index contributed by atoms with van der Waals surface area (Å²) in [5.74, 6) is -1.48. The number of likely N-dealkylation sites (tertiary alicyclic amines) is 1. The van der Waals surface area contributed by atoms with Crippen molar-refractivity contribution >= 4 is 11.9 Å². The molecule has 0 aliphatic carbocycles. The molecule has 98 valence electrons. The zero-order valence-electron chi connectivity index (χ0n) is 10.3. The van der Waals surface area contributed by atoms with E-state index in [2.05, 4.69) is 0 Å². The molecule has 1 aliphatic heterocycles. The molecule has 2 unspecified atom stereocenters. The molecule has 0 aromatic carbocycles. The van der Waals surface area contributed by atoms with Gasteiger partial charge >= 0.3 is 5.97 Å². The number of β-amino-alcohol motifs (C(OH)–C–C–N with tert-alkyl or cyclic N) is 1. The van der Waals surface area contributed by atoms with Gasteiger partial charge in [-0.05, 0) is 13.3 Å². The van der Waals surface area contributed by atoms with Gasteiger partial charge in [0.25, 0.3) is 5.91 Å². The van der Waals surface area contributed by atoms with E-state index in [1.54, 1.807) is 13.8 Å². The minimum atomic E-state index is -1.09. The standard InChI is InChI=1S/C11H19NO5/c1-4-11(2,17-3)10(16)12-6-7(13)5-8(12)9(14)15/h7-8,13H,4-6H2,1-3H3,(H,14,15)/t7?,8-,11?/m0/s1. The summed E-state index contributed by atoms with van der Waals surface area (Å²) >= 11 is 0. The summed E-state index contributed by atoms with van der Waals surface area (Å²) in [6.45, 7) is 3.47. The fourth-order valence-corrected chi connectivity index (χ4v) is 1.96. The van der Waals surface area contributed by atoms with Gasteiger partial charge in [-0.25, -0.2) is 4.79 Å². The van der Waals surface area contributed by atoms with Crippen LogP contribution in [0.5, 0.6) is 0 Å². The number of carbonyl (C=O) groups excluding carboxylic acids is 1. The van der Waals surface area contributed by atoms with Crippen LogP contribution in [0.2, 0.25) is 0 Å². The number of rotatable bonds is 4. The first-order valence-electron chi connectivity index (χ1n) is 5.62. The largest absolute Gasteiger partial charge is 0.480 e. The predicted molar refractivity (Wildman–Crippen MR) is 59.5 cm³/mol. The molecule has 0 aromatic rings. The van der Waals surface area contributed by atoms with Gasteiger partial charge < -0.3 is 19.8 Å². The molecule has 0 saturated carbocycles. The fourth-order valence-electron chi connectivity index (χ4n) is 1.96. The van der Waals surface area contributed by atoms with Crippen LogP contribution in [-0.4, -0.2) is 58.4 Å². The lowest BCUT2D eigenvalue weighted by atomic mass is 10.0. The lowest BCUT2D eigenvalue weighted by Gasteiger charge is -2.32. The molecule has 1 amide bonds. The third-order valence-corrected chi connectivity index (χ3v) is 3.40. The van der Waals surface area contributed by atoms with Gasteiger partial charge in [-0.3, -0.25) is 4.79 Å². The van der Waals surface area contributed by atoms with Crippen molar-refractivity contribution in [2.45, 2.75) is 44.4 Å². The summed E-state index contributed by atoms with van der Waals surface area (Å²) in [7, 11) is 1.42. The summed E-state index contributed by atoms with van der Waals surface area (Å²) in [4.78, 5) is 24.4. The molecule has 0 spiro atoms. The Morgan fingerprint density at radius 3 is 2.53 bits per heavy atom. The van der Waals surface area contributed by atoms with E-state index in [1.807, 2.05) is 0 Å². The number of aliphatic carboxylic acids is 1. The second kappa shape index (κ2) is 5.01. The number of amides is 1. The molecule has 6 nitrogen and oxygen atoms in total. The highest BCUT2D eigenvalue weighted by Gasteiger charge is 2.45. The van der Waals surface area contributed by atoms with Gasteiger partial charge in [-0.15, -0.1) is 0 Å². The molecule has 0 bridgehead atoms. The van der Waals surface area contributed by atoms with E-state index in [0.717, 1.165) is 0 Å². The Labute approximate surface area is 100 Å². The van der Waals surface area contributed by atoms with Crippen LogP contribution in [0.4, 0.5) is 0 Å². The van der Waals surface area contributed by atoms with Crippen molar-refractivity contribution in [3.63, 3.8) is 0 Å². The van der Waals surface area contributed by atoms with Crippen molar-refractivity contribution in [3.05, 3.63) is 0 Å². The van der Waals surface area contributed by atoms with Gasteiger partial charge in [0.1, 0.15) is 11.6 Å². The van der Waals surface area contributed by atoms with Crippen LogP contribution < -0.4 is 0 Å². The number of carbonyl (C=O) groups is 2. The second-order valence-electron chi connectivity index (χ2n) is 4.49. The van der Waals surface area contributed by atoms with Gasteiger partial charge in [0.2, 0.25) is 0 Å². The molecule has 0 radical (unpaired) electrons. The zero-order chi connectivity index (χ0) is 13.2. The van der Waals surface area contributed by atoms with Crippen LogP contribution in [0.3, 0.4) is 0 Å². The lowest BCUT2D eigenvalue weighted by Crippen LogP contribution is -2.51. The Kier molecular flexibility index (Phi) is 4.11. The van der Waals surface area contributed by atoms with Crippen LogP contribution in [0.25, 0.3) is 0 Å². The molecule has 2 N–H and O–H groups in total. The van der Waals surface area contributed by atoms with Crippen molar-refractivity contribution in [1.29, 1.82) is 0 Å². The monoisotopic (exact) mass is 245 g/mol. The van der Waals surface area contributed by atoms with Gasteiger partial charge in [0.05, 0.1) is 6.10 Å². The number of aliphatic hydroxyl groups excluding tert-OH is 1. The topological polar surface area (TPSA) is 87.1 Å². The number of aliphatic hydroxyl groups is 1. The van der Waals surface area contributed by atoms with Crippen molar-refractivity contribution in [1.82, 2.24) is 4.90 Å². The average molecular weight is 245 g/mol. The summed E-state index contributed by atoms with van der Waals surface area (Å²) in [6.07, 6.45) is -0.260. The van der Waals surface area contributed by atoms with Gasteiger partial charge in [0.15, 0.2) is 0 Å². The molecule has 1 aliphatic rings. The summed E-state index contributed by atoms with van der Waals surface area (Å²) in [5, 5.41) is 18.5. The molecule has 1 fully saturated rings. The average Bonchev–Trinajstić information content (AvgIpc) is 2.69. The van der Waals surface area contributed by atoms with Crippen LogP contribution >= 0.6 is 0 Å². The first-order valence-corrected chi connectivity index (χ1v) is 5.62. The van der Waals surface area contributed by atoms with Crippen LogP contribution in [0, 0.1) is 0 Å². The number of hydrogen-bond donors (Lipinski definition) is 2. The molecule has 1 saturated heterocycles. The van der Waals surface area contributed by atoms with E-state index in [-0.39, 0.29) is 18.9 Å². The van der Waals surface area contributed by atoms with E-state index < -0.39 is 23.7 Å². The molecule has 3 atom stereocenters.